The number of ether oxygens (including phenoxy) is 2. The first kappa shape index (κ1) is 16.0. The van der Waals surface area contributed by atoms with Gasteiger partial charge >= 0.3 is 0 Å². The second-order valence-electron chi connectivity index (χ2n) is 5.54. The number of halogens is 1. The van der Waals surface area contributed by atoms with Gasteiger partial charge in [-0.2, -0.15) is 0 Å². The zero-order valence-corrected chi connectivity index (χ0v) is 13.1. The van der Waals surface area contributed by atoms with Crippen molar-refractivity contribution in [1.29, 1.82) is 0 Å². The van der Waals surface area contributed by atoms with E-state index in [1.807, 2.05) is 13.0 Å². The monoisotopic (exact) mass is 296 g/mol. The topological polar surface area (TPSA) is 33.7 Å². The van der Waals surface area contributed by atoms with E-state index < -0.39 is 0 Å². The van der Waals surface area contributed by atoms with Gasteiger partial charge in [-0.05, 0) is 32.9 Å². The summed E-state index contributed by atoms with van der Waals surface area (Å²) < 4.78 is 24.7. The molecule has 21 heavy (non-hydrogen) atoms. The van der Waals surface area contributed by atoms with Gasteiger partial charge in [0.1, 0.15) is 0 Å². The molecule has 2 rings (SSSR count). The third kappa shape index (κ3) is 4.58. The molecule has 1 aromatic carbocycles. The summed E-state index contributed by atoms with van der Waals surface area (Å²) in [6.45, 7) is 10.0. The van der Waals surface area contributed by atoms with Gasteiger partial charge in [0.15, 0.2) is 11.6 Å². The lowest BCUT2D eigenvalue weighted by Gasteiger charge is -2.35. The number of nitrogens with zero attached hydrogens (tertiary/aromatic N) is 1. The van der Waals surface area contributed by atoms with Gasteiger partial charge in [0, 0.05) is 37.4 Å². The smallest absolute Gasteiger partial charge is 0.167 e. The Kier molecular flexibility index (Phi) is 5.82. The molecule has 1 atom stereocenters. The summed E-state index contributed by atoms with van der Waals surface area (Å²) in [5, 5.41) is 3.24. The molecule has 0 spiro atoms. The maximum atomic E-state index is 13.8. The molecule has 0 saturated carbocycles. The van der Waals surface area contributed by atoms with Crippen molar-refractivity contribution in [2.75, 3.05) is 38.2 Å². The Morgan fingerprint density at radius 2 is 2.29 bits per heavy atom. The first-order valence-corrected chi connectivity index (χ1v) is 7.62. The molecule has 0 radical (unpaired) electrons. The van der Waals surface area contributed by atoms with Crippen LogP contribution in [0.25, 0.3) is 0 Å². The van der Waals surface area contributed by atoms with E-state index in [4.69, 9.17) is 9.47 Å². The molecular weight excluding hydrogens is 271 g/mol. The molecular formula is C16H25FN2O2. The molecule has 1 unspecified atom stereocenters. The van der Waals surface area contributed by atoms with Crippen molar-refractivity contribution in [3.05, 3.63) is 24.0 Å². The first-order valence-electron chi connectivity index (χ1n) is 7.62. The highest BCUT2D eigenvalue weighted by atomic mass is 19.1. The molecule has 1 fully saturated rings. The number of hydrogen-bond acceptors (Lipinski definition) is 4. The van der Waals surface area contributed by atoms with Crippen LogP contribution in [0.2, 0.25) is 0 Å². The number of hydrogen-bond donors (Lipinski definition) is 1. The lowest BCUT2D eigenvalue weighted by molar-refractivity contribution is -0.0315. The van der Waals surface area contributed by atoms with Gasteiger partial charge in [-0.15, -0.1) is 0 Å². The lowest BCUT2D eigenvalue weighted by atomic mass is 10.2. The molecule has 118 valence electrons. The molecule has 1 heterocycles. The Hall–Kier alpha value is -1.33. The van der Waals surface area contributed by atoms with Crippen molar-refractivity contribution in [1.82, 2.24) is 4.90 Å². The summed E-state index contributed by atoms with van der Waals surface area (Å²) in [7, 11) is 0. The molecule has 0 aliphatic carbocycles. The predicted octanol–water partition coefficient (Wildman–Crippen LogP) is 2.75. The molecule has 0 aromatic heterocycles. The Morgan fingerprint density at radius 3 is 2.95 bits per heavy atom. The van der Waals surface area contributed by atoms with Crippen LogP contribution in [0.15, 0.2) is 18.2 Å². The van der Waals surface area contributed by atoms with Crippen LogP contribution in [-0.2, 0) is 4.74 Å². The largest absolute Gasteiger partial charge is 0.491 e. The van der Waals surface area contributed by atoms with E-state index in [0.717, 1.165) is 25.4 Å². The summed E-state index contributed by atoms with van der Waals surface area (Å²) >= 11 is 0. The van der Waals surface area contributed by atoms with Crippen LogP contribution in [0.5, 0.6) is 5.75 Å². The molecule has 1 N–H and O–H groups in total. The molecule has 0 amide bonds. The van der Waals surface area contributed by atoms with E-state index in [2.05, 4.69) is 24.1 Å². The average molecular weight is 296 g/mol. The summed E-state index contributed by atoms with van der Waals surface area (Å²) in [4.78, 5) is 2.40. The Morgan fingerprint density at radius 1 is 1.48 bits per heavy atom. The number of anilines is 1. The van der Waals surface area contributed by atoms with Crippen LogP contribution in [0.3, 0.4) is 0 Å². The fourth-order valence-electron chi connectivity index (χ4n) is 2.45. The Bertz CT molecular complexity index is 454. The fraction of sp³-hybridized carbons (Fsp3) is 0.625. The number of benzene rings is 1. The molecule has 1 saturated heterocycles. The van der Waals surface area contributed by atoms with E-state index in [-0.39, 0.29) is 11.9 Å². The van der Waals surface area contributed by atoms with E-state index in [1.165, 1.54) is 6.07 Å². The van der Waals surface area contributed by atoms with E-state index in [9.17, 15) is 4.39 Å². The number of morpholine rings is 1. The Balaban J connectivity index is 1.86. The average Bonchev–Trinajstić information content (AvgIpc) is 2.48. The maximum Gasteiger partial charge on any atom is 0.167 e. The minimum Gasteiger partial charge on any atom is -0.491 e. The van der Waals surface area contributed by atoms with Gasteiger partial charge < -0.3 is 14.8 Å². The highest BCUT2D eigenvalue weighted by Gasteiger charge is 2.21. The van der Waals surface area contributed by atoms with Crippen molar-refractivity contribution in [3.63, 3.8) is 0 Å². The van der Waals surface area contributed by atoms with Gasteiger partial charge in [0.05, 0.1) is 19.3 Å². The van der Waals surface area contributed by atoms with Crippen molar-refractivity contribution in [3.8, 4) is 5.75 Å². The standard InChI is InChI=1S/C16H25FN2O2/c1-4-20-16-6-5-13(9-15(16)17)18-10-14-11-19(12(2)3)7-8-21-14/h5-6,9,12,14,18H,4,7-8,10-11H2,1-3H3. The van der Waals surface area contributed by atoms with Crippen molar-refractivity contribution >= 4 is 5.69 Å². The highest BCUT2D eigenvalue weighted by Crippen LogP contribution is 2.21. The summed E-state index contributed by atoms with van der Waals surface area (Å²) in [5.41, 5.74) is 0.751. The molecule has 1 aromatic rings. The molecule has 0 bridgehead atoms. The van der Waals surface area contributed by atoms with Crippen LogP contribution in [-0.4, -0.2) is 49.9 Å². The van der Waals surface area contributed by atoms with Crippen LogP contribution in [0, 0.1) is 5.82 Å². The second kappa shape index (κ2) is 7.61. The molecule has 1 aliphatic rings. The van der Waals surface area contributed by atoms with Crippen LogP contribution < -0.4 is 10.1 Å². The Labute approximate surface area is 126 Å². The van der Waals surface area contributed by atoms with E-state index in [1.54, 1.807) is 6.07 Å². The first-order chi connectivity index (χ1) is 10.1. The van der Waals surface area contributed by atoms with Gasteiger partial charge in [-0.3, -0.25) is 4.90 Å². The quantitative estimate of drug-likeness (QED) is 0.875. The molecule has 4 nitrogen and oxygen atoms in total. The predicted molar refractivity (Wildman–Crippen MR) is 82.5 cm³/mol. The fourth-order valence-corrected chi connectivity index (χ4v) is 2.45. The van der Waals surface area contributed by atoms with Gasteiger partial charge in [0.2, 0.25) is 0 Å². The minimum atomic E-state index is -0.338. The van der Waals surface area contributed by atoms with Crippen LogP contribution >= 0.6 is 0 Å². The minimum absolute atomic E-state index is 0.135. The highest BCUT2D eigenvalue weighted by molar-refractivity contribution is 5.47. The summed E-state index contributed by atoms with van der Waals surface area (Å²) in [6, 6.07) is 5.48. The lowest BCUT2D eigenvalue weighted by Crippen LogP contribution is -2.48. The zero-order valence-electron chi connectivity index (χ0n) is 13.1. The van der Waals surface area contributed by atoms with Crippen LogP contribution in [0.1, 0.15) is 20.8 Å². The van der Waals surface area contributed by atoms with Crippen molar-refractivity contribution < 1.29 is 13.9 Å². The van der Waals surface area contributed by atoms with Gasteiger partial charge in [-0.25, -0.2) is 4.39 Å². The summed E-state index contributed by atoms with van der Waals surface area (Å²) in [5.74, 6) is -0.0434. The normalized spacial score (nSPS) is 19.8. The van der Waals surface area contributed by atoms with E-state index in [0.29, 0.717) is 24.9 Å². The summed E-state index contributed by atoms with van der Waals surface area (Å²) in [6.07, 6.45) is 0.135. The molecule has 1 aliphatic heterocycles. The van der Waals surface area contributed by atoms with Crippen molar-refractivity contribution in [2.24, 2.45) is 0 Å². The number of nitrogens with one attached hydrogen (secondary N) is 1. The van der Waals surface area contributed by atoms with Crippen molar-refractivity contribution in [2.45, 2.75) is 32.9 Å². The zero-order chi connectivity index (χ0) is 15.2. The SMILES string of the molecule is CCOc1ccc(NCC2CN(C(C)C)CCO2)cc1F. The number of rotatable bonds is 6. The maximum absolute atomic E-state index is 13.8. The van der Waals surface area contributed by atoms with Gasteiger partial charge in [0.25, 0.3) is 0 Å². The third-order valence-electron chi connectivity index (χ3n) is 3.67. The second-order valence-corrected chi connectivity index (χ2v) is 5.54. The van der Waals surface area contributed by atoms with E-state index >= 15 is 0 Å². The van der Waals surface area contributed by atoms with Crippen LogP contribution in [0.4, 0.5) is 10.1 Å². The third-order valence-corrected chi connectivity index (χ3v) is 3.67. The van der Waals surface area contributed by atoms with Gasteiger partial charge in [-0.1, -0.05) is 0 Å². The molecule has 5 heteroatoms.